The number of anilines is 1. The number of ether oxygens (including phenoxy) is 1. The maximum absolute atomic E-state index is 11.8. The molecule has 1 N–H and O–H groups in total. The summed E-state index contributed by atoms with van der Waals surface area (Å²) in [5.41, 5.74) is 1.91. The van der Waals surface area contributed by atoms with Crippen LogP contribution in [0.3, 0.4) is 0 Å². The van der Waals surface area contributed by atoms with Crippen LogP contribution in [0, 0.1) is 0 Å². The molecule has 0 aliphatic carbocycles. The van der Waals surface area contributed by atoms with E-state index in [2.05, 4.69) is 4.98 Å². The second-order valence-corrected chi connectivity index (χ2v) is 8.17. The molecule has 10 heteroatoms. The number of carbonyl (C=O) groups is 1. The third-order valence-electron chi connectivity index (χ3n) is 4.00. The van der Waals surface area contributed by atoms with Crippen molar-refractivity contribution < 1.29 is 27.5 Å². The van der Waals surface area contributed by atoms with Gasteiger partial charge in [-0.25, -0.2) is 13.4 Å². The third kappa shape index (κ3) is 6.60. The second kappa shape index (κ2) is 10.6. The van der Waals surface area contributed by atoms with Crippen molar-refractivity contribution in [3.05, 3.63) is 66.6 Å². The Kier molecular flexibility index (Phi) is 8.48. The number of carboxylic acids is 1. The fourth-order valence-electron chi connectivity index (χ4n) is 2.64. The molecule has 0 amide bonds. The predicted octanol–water partition coefficient (Wildman–Crippen LogP) is 2.17. The molecule has 8 nitrogen and oxygen atoms in total. The van der Waals surface area contributed by atoms with Gasteiger partial charge in [0, 0.05) is 12.0 Å². The summed E-state index contributed by atoms with van der Waals surface area (Å²) in [5, 5.41) is 8.92. The van der Waals surface area contributed by atoms with Crippen molar-refractivity contribution >= 4 is 51.2 Å². The standard InChI is InChI=1S/C20H20N2O6S.Na.H/c1-29(25,26)22(13-19(23)24)17-7-9-18(10-8-17)27-12-11-16-14-28-20(21-16)15-5-3-2-4-6-15;;/h2-10,14H,11-13H2,1H3,(H,23,24);;. The first kappa shape index (κ1) is 23.9. The number of sulfonamides is 1. The van der Waals surface area contributed by atoms with Crippen molar-refractivity contribution in [3.63, 3.8) is 0 Å². The summed E-state index contributed by atoms with van der Waals surface area (Å²) in [6.45, 7) is -0.292. The molecule has 0 atom stereocenters. The molecule has 3 rings (SSSR count). The number of benzene rings is 2. The van der Waals surface area contributed by atoms with Gasteiger partial charge in [0.2, 0.25) is 15.9 Å². The van der Waals surface area contributed by atoms with Crippen LogP contribution in [0.2, 0.25) is 0 Å². The van der Waals surface area contributed by atoms with Gasteiger partial charge in [-0.15, -0.1) is 0 Å². The molecular formula is C20H21N2NaO6S. The quantitative estimate of drug-likeness (QED) is 0.508. The van der Waals surface area contributed by atoms with Crippen LogP contribution in [0.5, 0.6) is 5.75 Å². The number of nitrogens with zero attached hydrogens (tertiary/aromatic N) is 2. The van der Waals surface area contributed by atoms with Crippen molar-refractivity contribution in [2.45, 2.75) is 6.42 Å². The van der Waals surface area contributed by atoms with E-state index in [1.807, 2.05) is 30.3 Å². The van der Waals surface area contributed by atoms with Gasteiger partial charge in [0.1, 0.15) is 18.6 Å². The van der Waals surface area contributed by atoms with Crippen LogP contribution in [-0.2, 0) is 21.2 Å². The number of hydrogen-bond donors (Lipinski definition) is 1. The van der Waals surface area contributed by atoms with E-state index in [4.69, 9.17) is 14.3 Å². The third-order valence-corrected chi connectivity index (χ3v) is 5.14. The van der Waals surface area contributed by atoms with Crippen molar-refractivity contribution in [1.29, 1.82) is 0 Å². The normalized spacial score (nSPS) is 10.8. The maximum atomic E-state index is 11.8. The van der Waals surface area contributed by atoms with E-state index in [9.17, 15) is 13.2 Å². The molecule has 1 aromatic heterocycles. The number of aliphatic carboxylic acids is 1. The summed E-state index contributed by atoms with van der Waals surface area (Å²) in [4.78, 5) is 15.3. The van der Waals surface area contributed by atoms with Gasteiger partial charge >= 0.3 is 35.5 Å². The molecule has 0 bridgehead atoms. The summed E-state index contributed by atoms with van der Waals surface area (Å²) in [6, 6.07) is 15.8. The number of carboxylic acid groups (broad SMARTS) is 1. The van der Waals surface area contributed by atoms with Gasteiger partial charge in [-0.05, 0) is 36.4 Å². The average Bonchev–Trinajstić information content (AvgIpc) is 3.15. The fourth-order valence-corrected chi connectivity index (χ4v) is 3.49. The summed E-state index contributed by atoms with van der Waals surface area (Å²) in [7, 11) is -3.71. The molecule has 0 saturated carbocycles. The van der Waals surface area contributed by atoms with Gasteiger partial charge in [0.25, 0.3) is 0 Å². The molecular weight excluding hydrogens is 419 g/mol. The van der Waals surface area contributed by atoms with E-state index in [0.29, 0.717) is 24.7 Å². The van der Waals surface area contributed by atoms with Crippen LogP contribution in [0.15, 0.2) is 65.3 Å². The molecule has 1 heterocycles. The van der Waals surface area contributed by atoms with Crippen LogP contribution in [0.4, 0.5) is 5.69 Å². The predicted molar refractivity (Wildman–Crippen MR) is 115 cm³/mol. The van der Waals surface area contributed by atoms with Crippen LogP contribution >= 0.6 is 0 Å². The molecule has 0 unspecified atom stereocenters. The first-order valence-corrected chi connectivity index (χ1v) is 10.6. The monoisotopic (exact) mass is 440 g/mol. The molecule has 0 aliphatic heterocycles. The van der Waals surface area contributed by atoms with E-state index in [-0.39, 0.29) is 35.2 Å². The molecule has 0 spiro atoms. The van der Waals surface area contributed by atoms with Crippen molar-refractivity contribution in [2.24, 2.45) is 0 Å². The summed E-state index contributed by atoms with van der Waals surface area (Å²) < 4.78 is 35.6. The van der Waals surface area contributed by atoms with E-state index >= 15 is 0 Å². The van der Waals surface area contributed by atoms with E-state index in [0.717, 1.165) is 21.8 Å². The van der Waals surface area contributed by atoms with Crippen LogP contribution < -0.4 is 9.04 Å². The summed E-state index contributed by atoms with van der Waals surface area (Å²) in [6.07, 6.45) is 3.08. The summed E-state index contributed by atoms with van der Waals surface area (Å²) in [5.74, 6) is -0.160. The molecule has 0 saturated heterocycles. The molecule has 30 heavy (non-hydrogen) atoms. The van der Waals surface area contributed by atoms with Gasteiger partial charge in [-0.2, -0.15) is 0 Å². The van der Waals surface area contributed by atoms with Crippen LogP contribution in [0.1, 0.15) is 5.69 Å². The van der Waals surface area contributed by atoms with Gasteiger partial charge in [0.05, 0.1) is 24.2 Å². The molecule has 0 fully saturated rings. The van der Waals surface area contributed by atoms with Crippen LogP contribution in [-0.4, -0.2) is 73.4 Å². The van der Waals surface area contributed by atoms with Crippen LogP contribution in [0.25, 0.3) is 11.5 Å². The van der Waals surface area contributed by atoms with E-state index in [1.54, 1.807) is 18.4 Å². The first-order valence-electron chi connectivity index (χ1n) is 8.75. The van der Waals surface area contributed by atoms with Gasteiger partial charge in [-0.3, -0.25) is 9.10 Å². The molecule has 3 aromatic rings. The Bertz CT molecular complexity index is 1070. The van der Waals surface area contributed by atoms with Crippen molar-refractivity contribution in [2.75, 3.05) is 23.7 Å². The zero-order valence-electron chi connectivity index (χ0n) is 15.7. The average molecular weight is 440 g/mol. The van der Waals surface area contributed by atoms with E-state index in [1.165, 1.54) is 12.1 Å². The number of aromatic nitrogens is 1. The van der Waals surface area contributed by atoms with E-state index < -0.39 is 22.5 Å². The van der Waals surface area contributed by atoms with Gasteiger partial charge in [0.15, 0.2) is 0 Å². The number of oxazole rings is 1. The Morgan fingerprint density at radius 1 is 1.13 bits per heavy atom. The second-order valence-electron chi connectivity index (χ2n) is 6.27. The SMILES string of the molecule is CS(=O)(=O)N(CC(=O)O)c1ccc(OCCc2coc(-c3ccccc3)n2)cc1.[NaH]. The van der Waals surface area contributed by atoms with Crippen molar-refractivity contribution in [3.8, 4) is 17.2 Å². The first-order chi connectivity index (χ1) is 13.8. The molecule has 0 radical (unpaired) electrons. The Morgan fingerprint density at radius 3 is 2.40 bits per heavy atom. The van der Waals surface area contributed by atoms with Crippen molar-refractivity contribution in [1.82, 2.24) is 4.98 Å². The molecule has 154 valence electrons. The molecule has 2 aromatic carbocycles. The summed E-state index contributed by atoms with van der Waals surface area (Å²) >= 11 is 0. The number of hydrogen-bond acceptors (Lipinski definition) is 6. The Morgan fingerprint density at radius 2 is 1.80 bits per heavy atom. The zero-order valence-corrected chi connectivity index (χ0v) is 16.5. The zero-order chi connectivity index (χ0) is 20.9. The molecule has 0 aliphatic rings. The van der Waals surface area contributed by atoms with Gasteiger partial charge in [-0.1, -0.05) is 18.2 Å². The Hall–Kier alpha value is -2.33. The fraction of sp³-hybridized carbons (Fsp3) is 0.200. The number of rotatable bonds is 9. The topological polar surface area (TPSA) is 110 Å². The van der Waals surface area contributed by atoms with Gasteiger partial charge < -0.3 is 14.3 Å². The minimum atomic E-state index is -3.71. The minimum absolute atomic E-state index is 0. The Labute approximate surface area is 196 Å². The Balaban J connectivity index is 0.00000320.